The Hall–Kier alpha value is -1.31. The number of hydrogen-bond donors (Lipinski definition) is 1. The molecule has 0 saturated carbocycles. The zero-order chi connectivity index (χ0) is 8.27. The topological polar surface area (TPSA) is 37.3 Å². The number of carboxylic acids is 1. The highest BCUT2D eigenvalue weighted by Gasteiger charge is 2.01. The van der Waals surface area contributed by atoms with E-state index >= 15 is 0 Å². The highest BCUT2D eigenvalue weighted by atomic mass is 16.4. The molecule has 0 aliphatic carbocycles. The van der Waals surface area contributed by atoms with Crippen molar-refractivity contribution in [2.45, 2.75) is 13.3 Å². The molecule has 0 aliphatic rings. The molecular formula is C9H9O2. The summed E-state index contributed by atoms with van der Waals surface area (Å²) in [6.07, 6.45) is 0.856. The summed E-state index contributed by atoms with van der Waals surface area (Å²) in [4.78, 5) is 10.4. The van der Waals surface area contributed by atoms with E-state index in [0.29, 0.717) is 0 Å². The summed E-state index contributed by atoms with van der Waals surface area (Å²) >= 11 is 0. The number of carboxylic acid groups (broad SMARTS) is 1. The Morgan fingerprint density at radius 1 is 1.73 bits per heavy atom. The molecule has 1 aromatic carbocycles. The monoisotopic (exact) mass is 149 g/mol. The van der Waals surface area contributed by atoms with Gasteiger partial charge in [0.2, 0.25) is 0 Å². The van der Waals surface area contributed by atoms with Gasteiger partial charge in [0, 0.05) is 0 Å². The summed E-state index contributed by atoms with van der Waals surface area (Å²) in [7, 11) is 0. The van der Waals surface area contributed by atoms with Crippen molar-refractivity contribution < 1.29 is 9.90 Å². The maximum Gasteiger partial charge on any atom is 0.336 e. The molecule has 1 N–H and O–H groups in total. The van der Waals surface area contributed by atoms with Gasteiger partial charge in [-0.05, 0) is 24.1 Å². The van der Waals surface area contributed by atoms with Crippen molar-refractivity contribution >= 4 is 5.97 Å². The molecule has 1 radical (unpaired) electrons. The van der Waals surface area contributed by atoms with E-state index in [0.717, 1.165) is 12.0 Å². The number of aryl methyl sites for hydroxylation is 1. The van der Waals surface area contributed by atoms with Crippen molar-refractivity contribution in [1.29, 1.82) is 0 Å². The summed E-state index contributed by atoms with van der Waals surface area (Å²) in [6.45, 7) is 1.99. The first kappa shape index (κ1) is 7.79. The van der Waals surface area contributed by atoms with Crippen LogP contribution in [0, 0.1) is 6.07 Å². The van der Waals surface area contributed by atoms with Crippen molar-refractivity contribution in [2.24, 2.45) is 0 Å². The molecule has 57 valence electrons. The van der Waals surface area contributed by atoms with E-state index in [4.69, 9.17) is 5.11 Å². The van der Waals surface area contributed by atoms with E-state index < -0.39 is 5.97 Å². The average Bonchev–Trinajstić information content (AvgIpc) is 2.05. The minimum absolute atomic E-state index is 0.240. The molecule has 2 heteroatoms. The van der Waals surface area contributed by atoms with Crippen molar-refractivity contribution in [2.75, 3.05) is 0 Å². The summed E-state index contributed by atoms with van der Waals surface area (Å²) in [5, 5.41) is 8.57. The Morgan fingerprint density at radius 3 is 3.00 bits per heavy atom. The quantitative estimate of drug-likeness (QED) is 0.695. The van der Waals surface area contributed by atoms with Gasteiger partial charge in [0.1, 0.15) is 0 Å². The van der Waals surface area contributed by atoms with E-state index in [1.54, 1.807) is 12.1 Å². The second kappa shape index (κ2) is 3.19. The molecule has 0 aliphatic heterocycles. The molecule has 0 spiro atoms. The van der Waals surface area contributed by atoms with E-state index in [1.165, 1.54) is 0 Å². The minimum atomic E-state index is -0.916. The molecule has 0 aromatic heterocycles. The lowest BCUT2D eigenvalue weighted by atomic mass is 10.1. The van der Waals surface area contributed by atoms with Crippen LogP contribution in [0.3, 0.4) is 0 Å². The van der Waals surface area contributed by atoms with Crippen molar-refractivity contribution in [3.8, 4) is 0 Å². The molecule has 0 amide bonds. The average molecular weight is 149 g/mol. The van der Waals surface area contributed by atoms with Gasteiger partial charge in [-0.1, -0.05) is 19.1 Å². The summed E-state index contributed by atoms with van der Waals surface area (Å²) in [5.41, 5.74) is 1.27. The highest BCUT2D eigenvalue weighted by molar-refractivity contribution is 5.87. The molecule has 0 heterocycles. The second-order valence-electron chi connectivity index (χ2n) is 2.27. The molecule has 0 fully saturated rings. The summed E-state index contributed by atoms with van der Waals surface area (Å²) < 4.78 is 0. The first-order valence-corrected chi connectivity index (χ1v) is 3.48. The fourth-order valence-electron chi connectivity index (χ4n) is 0.857. The molecule has 0 unspecified atom stereocenters. The number of benzene rings is 1. The van der Waals surface area contributed by atoms with Gasteiger partial charge < -0.3 is 5.11 Å². The van der Waals surface area contributed by atoms with E-state index in [2.05, 4.69) is 6.07 Å². The normalized spacial score (nSPS) is 9.55. The lowest BCUT2D eigenvalue weighted by Crippen LogP contribution is -1.96. The lowest BCUT2D eigenvalue weighted by molar-refractivity contribution is 0.0696. The zero-order valence-electron chi connectivity index (χ0n) is 6.29. The van der Waals surface area contributed by atoms with Crippen LogP contribution in [0.25, 0.3) is 0 Å². The number of aromatic carboxylic acids is 1. The smallest absolute Gasteiger partial charge is 0.336 e. The van der Waals surface area contributed by atoms with Gasteiger partial charge in [-0.2, -0.15) is 0 Å². The van der Waals surface area contributed by atoms with Gasteiger partial charge in [-0.15, -0.1) is 0 Å². The van der Waals surface area contributed by atoms with Crippen molar-refractivity contribution in [3.63, 3.8) is 0 Å². The molecule has 1 rings (SSSR count). The van der Waals surface area contributed by atoms with Crippen LogP contribution in [0.4, 0.5) is 0 Å². The third kappa shape index (κ3) is 1.80. The second-order valence-corrected chi connectivity index (χ2v) is 2.27. The Kier molecular flexibility index (Phi) is 2.26. The van der Waals surface area contributed by atoms with E-state index in [9.17, 15) is 4.79 Å². The van der Waals surface area contributed by atoms with Gasteiger partial charge in [-0.25, -0.2) is 4.79 Å². The minimum Gasteiger partial charge on any atom is -0.478 e. The van der Waals surface area contributed by atoms with Crippen LogP contribution in [0.15, 0.2) is 18.2 Å². The van der Waals surface area contributed by atoms with Crippen LogP contribution in [0.1, 0.15) is 22.8 Å². The molecule has 0 atom stereocenters. The fourth-order valence-corrected chi connectivity index (χ4v) is 0.857. The maximum absolute atomic E-state index is 10.4. The Labute approximate surface area is 65.5 Å². The third-order valence-corrected chi connectivity index (χ3v) is 1.50. The van der Waals surface area contributed by atoms with Gasteiger partial charge in [-0.3, -0.25) is 0 Å². The molecule has 2 nitrogen and oxygen atoms in total. The van der Waals surface area contributed by atoms with Gasteiger partial charge in [0.15, 0.2) is 0 Å². The van der Waals surface area contributed by atoms with E-state index in [1.807, 2.05) is 13.0 Å². The van der Waals surface area contributed by atoms with Gasteiger partial charge in [0.05, 0.1) is 5.56 Å². The van der Waals surface area contributed by atoms with Crippen LogP contribution in [-0.4, -0.2) is 11.1 Å². The molecular weight excluding hydrogens is 140 g/mol. The van der Waals surface area contributed by atoms with E-state index in [-0.39, 0.29) is 5.56 Å². The third-order valence-electron chi connectivity index (χ3n) is 1.50. The standard InChI is InChI=1S/C9H9O2/c1-2-7-4-3-5-8(6-7)9(10)11/h3-4,6H,2H2,1H3,(H,10,11). The van der Waals surface area contributed by atoms with Crippen LogP contribution < -0.4 is 0 Å². The molecule has 0 saturated heterocycles. The SMILES string of the molecule is CCc1cc[c]c(C(=O)O)c1. The Morgan fingerprint density at radius 2 is 2.45 bits per heavy atom. The first-order valence-electron chi connectivity index (χ1n) is 3.48. The molecule has 11 heavy (non-hydrogen) atoms. The van der Waals surface area contributed by atoms with Gasteiger partial charge >= 0.3 is 5.97 Å². The summed E-state index contributed by atoms with van der Waals surface area (Å²) in [5.74, 6) is -0.916. The molecule has 1 aromatic rings. The van der Waals surface area contributed by atoms with Crippen molar-refractivity contribution in [3.05, 3.63) is 35.4 Å². The predicted molar refractivity (Wildman–Crippen MR) is 41.6 cm³/mol. The van der Waals surface area contributed by atoms with Crippen LogP contribution >= 0.6 is 0 Å². The van der Waals surface area contributed by atoms with Gasteiger partial charge in [0.25, 0.3) is 0 Å². The number of hydrogen-bond acceptors (Lipinski definition) is 1. The maximum atomic E-state index is 10.4. The number of carbonyl (C=O) groups is 1. The van der Waals surface area contributed by atoms with Crippen LogP contribution in [-0.2, 0) is 6.42 Å². The zero-order valence-corrected chi connectivity index (χ0v) is 6.29. The largest absolute Gasteiger partial charge is 0.478 e. The Balaban J connectivity index is 3.01. The fraction of sp³-hybridized carbons (Fsp3) is 0.222. The van der Waals surface area contributed by atoms with Crippen molar-refractivity contribution in [1.82, 2.24) is 0 Å². The first-order chi connectivity index (χ1) is 5.24. The predicted octanol–water partition coefficient (Wildman–Crippen LogP) is 1.75. The van der Waals surface area contributed by atoms with Crippen LogP contribution in [0.5, 0.6) is 0 Å². The summed E-state index contributed by atoms with van der Waals surface area (Å²) in [6, 6.07) is 7.79. The molecule has 0 bridgehead atoms. The Bertz CT molecular complexity index is 266. The highest BCUT2D eigenvalue weighted by Crippen LogP contribution is 2.04. The van der Waals surface area contributed by atoms with Crippen LogP contribution in [0.2, 0.25) is 0 Å². The number of rotatable bonds is 2. The lowest BCUT2D eigenvalue weighted by Gasteiger charge is -1.96.